The topological polar surface area (TPSA) is 47.9 Å². The van der Waals surface area contributed by atoms with Gasteiger partial charge in [-0.05, 0) is 67.6 Å². The average Bonchev–Trinajstić information content (AvgIpc) is 3.01. The number of aliphatic imine (C=N–C) groups is 1. The molecule has 0 unspecified atom stereocenters. The van der Waals surface area contributed by atoms with Crippen LogP contribution in [0.15, 0.2) is 71.7 Å². The Morgan fingerprint density at radius 3 is 2.53 bits per heavy atom. The van der Waals surface area contributed by atoms with Gasteiger partial charge in [0.2, 0.25) is 0 Å². The van der Waals surface area contributed by atoms with Gasteiger partial charge in [-0.3, -0.25) is 9.69 Å². The van der Waals surface area contributed by atoms with Crippen molar-refractivity contribution in [3.63, 3.8) is 0 Å². The molecule has 0 amide bonds. The molecule has 2 aliphatic heterocycles. The fourth-order valence-corrected chi connectivity index (χ4v) is 4.64. The largest absolute Gasteiger partial charge is 0.353 e. The van der Waals surface area contributed by atoms with Crippen LogP contribution >= 0.6 is 11.6 Å². The molecule has 0 spiro atoms. The number of para-hydroxylation sites is 1. The Morgan fingerprint density at radius 1 is 0.971 bits per heavy atom. The van der Waals surface area contributed by atoms with E-state index in [0.717, 1.165) is 67.6 Å². The number of hydrogen-bond acceptors (Lipinski definition) is 5. The summed E-state index contributed by atoms with van der Waals surface area (Å²) in [5.41, 5.74) is 4.46. The van der Waals surface area contributed by atoms with Crippen LogP contribution in [0.5, 0.6) is 0 Å². The summed E-state index contributed by atoms with van der Waals surface area (Å²) in [4.78, 5) is 22.1. The molecule has 1 fully saturated rings. The number of nitrogens with zero attached hydrogens (tertiary/aromatic N) is 3. The summed E-state index contributed by atoms with van der Waals surface area (Å²) in [6.45, 7) is 4.39. The van der Waals surface area contributed by atoms with Crippen LogP contribution < -0.4 is 5.32 Å². The highest BCUT2D eigenvalue weighted by atomic mass is 35.5. The minimum atomic E-state index is -0.322. The molecule has 0 aromatic heterocycles. The van der Waals surface area contributed by atoms with Crippen LogP contribution in [0.1, 0.15) is 28.8 Å². The number of anilines is 2. The van der Waals surface area contributed by atoms with E-state index in [1.807, 2.05) is 30.3 Å². The zero-order valence-electron chi connectivity index (χ0n) is 18.8. The second-order valence-electron chi connectivity index (χ2n) is 8.63. The maximum Gasteiger partial charge on any atom is 0.162 e. The van der Waals surface area contributed by atoms with Crippen molar-refractivity contribution in [2.75, 3.05) is 38.0 Å². The number of halogens is 2. The molecule has 3 aromatic rings. The standard InChI is InChI=1S/C27H26ClFN4O/c28-20-9-12-24-25(18-20)31-27(22-4-1-2-5-23(22)30-24)33-16-14-32(15-17-33)13-3-6-26(34)19-7-10-21(29)11-8-19/h1-2,4-5,7-12,18,30H,3,6,13-17H2. The predicted molar refractivity (Wildman–Crippen MR) is 135 cm³/mol. The van der Waals surface area contributed by atoms with Gasteiger partial charge in [-0.15, -0.1) is 0 Å². The Bertz CT molecular complexity index is 1220. The summed E-state index contributed by atoms with van der Waals surface area (Å²) in [6, 6.07) is 19.7. The number of fused-ring (bicyclic) bond motifs is 2. The summed E-state index contributed by atoms with van der Waals surface area (Å²) >= 11 is 6.25. The summed E-state index contributed by atoms with van der Waals surface area (Å²) in [6.07, 6.45) is 1.25. The zero-order valence-corrected chi connectivity index (χ0v) is 19.6. The third-order valence-corrected chi connectivity index (χ3v) is 6.57. The molecule has 0 bridgehead atoms. The molecular weight excluding hydrogens is 451 g/mol. The lowest BCUT2D eigenvalue weighted by Gasteiger charge is -2.36. The first-order valence-corrected chi connectivity index (χ1v) is 12.0. The minimum absolute atomic E-state index is 0.0629. The quantitative estimate of drug-likeness (QED) is 0.466. The molecule has 34 heavy (non-hydrogen) atoms. The number of amidine groups is 1. The van der Waals surface area contributed by atoms with Crippen LogP contribution in [0.2, 0.25) is 5.02 Å². The first-order chi connectivity index (χ1) is 16.6. The smallest absolute Gasteiger partial charge is 0.162 e. The normalized spacial score (nSPS) is 15.6. The molecule has 174 valence electrons. The molecule has 5 nitrogen and oxygen atoms in total. The lowest BCUT2D eigenvalue weighted by atomic mass is 10.1. The van der Waals surface area contributed by atoms with E-state index in [2.05, 4.69) is 27.2 Å². The Balaban J connectivity index is 1.22. The van der Waals surface area contributed by atoms with Crippen LogP contribution in [0.3, 0.4) is 0 Å². The van der Waals surface area contributed by atoms with Gasteiger partial charge in [-0.25, -0.2) is 9.38 Å². The fraction of sp³-hybridized carbons (Fsp3) is 0.259. The Labute approximate surface area is 203 Å². The number of benzene rings is 3. The van der Waals surface area contributed by atoms with E-state index in [1.165, 1.54) is 12.1 Å². The third kappa shape index (κ3) is 4.98. The fourth-order valence-electron chi connectivity index (χ4n) is 4.48. The van der Waals surface area contributed by atoms with Gasteiger partial charge in [0.15, 0.2) is 5.78 Å². The molecule has 7 heteroatoms. The molecule has 2 heterocycles. The van der Waals surface area contributed by atoms with Gasteiger partial charge in [0, 0.05) is 54.4 Å². The third-order valence-electron chi connectivity index (χ3n) is 6.34. The first-order valence-electron chi connectivity index (χ1n) is 11.6. The average molecular weight is 477 g/mol. The first kappa shape index (κ1) is 22.6. The Kier molecular flexibility index (Phi) is 6.61. The summed E-state index contributed by atoms with van der Waals surface area (Å²) < 4.78 is 13.1. The summed E-state index contributed by atoms with van der Waals surface area (Å²) in [5.74, 6) is 0.695. The van der Waals surface area contributed by atoms with Crippen molar-refractivity contribution >= 4 is 40.3 Å². The van der Waals surface area contributed by atoms with Crippen molar-refractivity contribution in [3.8, 4) is 0 Å². The number of hydrogen-bond donors (Lipinski definition) is 1. The number of Topliss-reactive ketones (excluding diaryl/α,β-unsaturated/α-hetero) is 1. The highest BCUT2D eigenvalue weighted by Crippen LogP contribution is 2.36. The molecule has 0 aliphatic carbocycles. The number of nitrogens with one attached hydrogen (secondary N) is 1. The molecular formula is C27H26ClFN4O. The van der Waals surface area contributed by atoms with E-state index in [9.17, 15) is 9.18 Å². The van der Waals surface area contributed by atoms with E-state index in [-0.39, 0.29) is 11.6 Å². The number of carbonyl (C=O) groups excluding carboxylic acids is 1. The lowest BCUT2D eigenvalue weighted by Crippen LogP contribution is -2.49. The number of piperazine rings is 1. The Hall–Kier alpha value is -3.22. The SMILES string of the molecule is O=C(CCCN1CCN(C2=Nc3cc(Cl)ccc3Nc3ccccc32)CC1)c1ccc(F)cc1. The van der Waals surface area contributed by atoms with E-state index in [4.69, 9.17) is 16.6 Å². The minimum Gasteiger partial charge on any atom is -0.353 e. The van der Waals surface area contributed by atoms with Gasteiger partial charge in [-0.1, -0.05) is 23.7 Å². The van der Waals surface area contributed by atoms with E-state index in [1.54, 1.807) is 12.1 Å². The zero-order chi connectivity index (χ0) is 23.5. The lowest BCUT2D eigenvalue weighted by molar-refractivity contribution is 0.0970. The van der Waals surface area contributed by atoms with Gasteiger partial charge in [0.1, 0.15) is 11.7 Å². The van der Waals surface area contributed by atoms with Crippen molar-refractivity contribution in [3.05, 3.63) is 88.7 Å². The maximum atomic E-state index is 13.1. The molecule has 0 radical (unpaired) electrons. The van der Waals surface area contributed by atoms with Crippen LogP contribution in [0, 0.1) is 5.82 Å². The van der Waals surface area contributed by atoms with Gasteiger partial charge < -0.3 is 10.2 Å². The molecule has 2 aliphatic rings. The van der Waals surface area contributed by atoms with Crippen LogP contribution in [-0.4, -0.2) is 54.1 Å². The summed E-state index contributed by atoms with van der Waals surface area (Å²) in [5, 5.41) is 4.16. The highest BCUT2D eigenvalue weighted by molar-refractivity contribution is 6.31. The van der Waals surface area contributed by atoms with E-state index in [0.29, 0.717) is 17.0 Å². The van der Waals surface area contributed by atoms with Crippen molar-refractivity contribution in [2.45, 2.75) is 12.8 Å². The molecule has 3 aromatic carbocycles. The molecule has 1 N–H and O–H groups in total. The highest BCUT2D eigenvalue weighted by Gasteiger charge is 2.25. The van der Waals surface area contributed by atoms with Crippen molar-refractivity contribution < 1.29 is 9.18 Å². The molecule has 5 rings (SSSR count). The Morgan fingerprint density at radius 2 is 1.74 bits per heavy atom. The monoisotopic (exact) mass is 476 g/mol. The van der Waals surface area contributed by atoms with E-state index < -0.39 is 0 Å². The van der Waals surface area contributed by atoms with Gasteiger partial charge in [0.25, 0.3) is 0 Å². The van der Waals surface area contributed by atoms with E-state index >= 15 is 0 Å². The van der Waals surface area contributed by atoms with Crippen molar-refractivity contribution in [1.82, 2.24) is 9.80 Å². The molecule has 0 saturated carbocycles. The summed E-state index contributed by atoms with van der Waals surface area (Å²) in [7, 11) is 0. The molecule has 0 atom stereocenters. The van der Waals surface area contributed by atoms with Crippen LogP contribution in [-0.2, 0) is 0 Å². The van der Waals surface area contributed by atoms with Crippen molar-refractivity contribution in [1.29, 1.82) is 0 Å². The molecule has 1 saturated heterocycles. The van der Waals surface area contributed by atoms with Gasteiger partial charge >= 0.3 is 0 Å². The predicted octanol–water partition coefficient (Wildman–Crippen LogP) is 5.90. The second-order valence-corrected chi connectivity index (χ2v) is 9.07. The number of ketones is 1. The number of carbonyl (C=O) groups is 1. The van der Waals surface area contributed by atoms with Crippen LogP contribution in [0.4, 0.5) is 21.5 Å². The van der Waals surface area contributed by atoms with Crippen LogP contribution in [0.25, 0.3) is 0 Å². The van der Waals surface area contributed by atoms with Gasteiger partial charge in [0.05, 0.1) is 11.4 Å². The van der Waals surface area contributed by atoms with Crippen molar-refractivity contribution in [2.24, 2.45) is 4.99 Å². The van der Waals surface area contributed by atoms with Gasteiger partial charge in [-0.2, -0.15) is 0 Å². The number of rotatable bonds is 5. The second kappa shape index (κ2) is 9.95. The maximum absolute atomic E-state index is 13.1.